The Balaban J connectivity index is 0.00000117. The maximum absolute atomic E-state index is 12.9. The van der Waals surface area contributed by atoms with E-state index in [4.69, 9.17) is 4.52 Å². The quantitative estimate of drug-likeness (QED) is 0.460. The lowest BCUT2D eigenvalue weighted by atomic mass is 10.0. The lowest BCUT2D eigenvalue weighted by Crippen LogP contribution is -2.28. The van der Waals surface area contributed by atoms with E-state index in [1.54, 1.807) is 0 Å². The fraction of sp³-hybridized carbons (Fsp3) is 0.333. The Bertz CT molecular complexity index is 951. The van der Waals surface area contributed by atoms with Crippen LogP contribution in [0.2, 0.25) is 0 Å². The number of amides is 1. The Morgan fingerprint density at radius 2 is 1.79 bits per heavy atom. The Hall–Kier alpha value is -2.40. The van der Waals surface area contributed by atoms with E-state index in [-0.39, 0.29) is 17.7 Å². The molecule has 1 aliphatic rings. The monoisotopic (exact) mass is 454 g/mol. The fourth-order valence-corrected chi connectivity index (χ4v) is 3.89. The average molecular weight is 455 g/mol. The highest BCUT2D eigenvalue weighted by Crippen LogP contribution is 2.52. The van der Waals surface area contributed by atoms with Crippen LogP contribution in [-0.2, 0) is 11.3 Å². The minimum atomic E-state index is 0.00557. The van der Waals surface area contributed by atoms with Crippen molar-refractivity contribution in [3.63, 3.8) is 0 Å². The number of carbonyl (C=O) groups is 1. The molecule has 1 aliphatic carbocycles. The van der Waals surface area contributed by atoms with Gasteiger partial charge in [0.2, 0.25) is 5.91 Å². The molecule has 0 radical (unpaired) electrons. The molecule has 2 unspecified atom stereocenters. The minimum absolute atomic E-state index is 0.00557. The van der Waals surface area contributed by atoms with Crippen molar-refractivity contribution in [1.82, 2.24) is 10.1 Å². The summed E-state index contributed by atoms with van der Waals surface area (Å²) in [5.74, 6) is 1.16. The van der Waals surface area contributed by atoms with Crippen molar-refractivity contribution in [3.05, 3.63) is 75.9 Å². The molecule has 5 heteroatoms. The number of hydrogen-bond acceptors (Lipinski definition) is 3. The first-order valence-corrected chi connectivity index (χ1v) is 10.8. The maximum atomic E-state index is 12.9. The van der Waals surface area contributed by atoms with Gasteiger partial charge in [-0.2, -0.15) is 0 Å². The third-order valence-corrected chi connectivity index (χ3v) is 5.66. The molecule has 0 N–H and O–H groups in total. The molecule has 1 saturated carbocycles. The fourth-order valence-electron chi connectivity index (χ4n) is 3.63. The highest BCUT2D eigenvalue weighted by atomic mass is 79.9. The number of halogens is 1. The molecule has 1 amide bonds. The van der Waals surface area contributed by atoms with Gasteiger partial charge in [-0.25, -0.2) is 0 Å². The van der Waals surface area contributed by atoms with Gasteiger partial charge in [0.25, 0.3) is 0 Å². The van der Waals surface area contributed by atoms with E-state index in [0.717, 1.165) is 39.0 Å². The molecular weight excluding hydrogens is 428 g/mol. The second-order valence-corrected chi connectivity index (χ2v) is 8.06. The van der Waals surface area contributed by atoms with Crippen molar-refractivity contribution >= 4 is 21.8 Å². The summed E-state index contributed by atoms with van der Waals surface area (Å²) in [7, 11) is 1.88. The van der Waals surface area contributed by atoms with E-state index in [1.807, 2.05) is 87.3 Å². The van der Waals surface area contributed by atoms with Crippen molar-refractivity contribution in [2.75, 3.05) is 7.05 Å². The van der Waals surface area contributed by atoms with E-state index < -0.39 is 0 Å². The summed E-state index contributed by atoms with van der Waals surface area (Å²) in [6.45, 7) is 6.58. The Kier molecular flexibility index (Phi) is 6.91. The third kappa shape index (κ3) is 4.78. The average Bonchev–Trinajstić information content (AvgIpc) is 3.44. The van der Waals surface area contributed by atoms with Gasteiger partial charge in [-0.3, -0.25) is 4.79 Å². The number of hydrogen-bond donors (Lipinski definition) is 0. The van der Waals surface area contributed by atoms with E-state index in [2.05, 4.69) is 21.1 Å². The first-order chi connectivity index (χ1) is 14.0. The zero-order valence-electron chi connectivity index (χ0n) is 17.4. The number of aromatic nitrogens is 1. The number of aryl methyl sites for hydroxylation is 1. The summed E-state index contributed by atoms with van der Waals surface area (Å²) < 4.78 is 6.64. The topological polar surface area (TPSA) is 46.3 Å². The van der Waals surface area contributed by atoms with Crippen LogP contribution < -0.4 is 0 Å². The van der Waals surface area contributed by atoms with E-state index in [1.165, 1.54) is 0 Å². The van der Waals surface area contributed by atoms with Crippen molar-refractivity contribution in [2.24, 2.45) is 5.92 Å². The van der Waals surface area contributed by atoms with Crippen LogP contribution in [0.5, 0.6) is 0 Å². The minimum Gasteiger partial charge on any atom is -0.356 e. The van der Waals surface area contributed by atoms with Gasteiger partial charge in [0, 0.05) is 41.0 Å². The second-order valence-electron chi connectivity index (χ2n) is 7.15. The standard InChI is InChI=1S/C22H21BrN2O2.C2H6/c1-14-20(21(27-24-14)16-8-10-17(23)11-9-16)18-12-19(18)22(26)25(2)13-15-6-4-3-5-7-15;1-2/h3-11,18-19H,12-13H2,1-2H3;1-2H3. The highest BCUT2D eigenvalue weighted by molar-refractivity contribution is 9.10. The Labute approximate surface area is 181 Å². The van der Waals surface area contributed by atoms with Crippen molar-refractivity contribution in [2.45, 2.75) is 39.7 Å². The summed E-state index contributed by atoms with van der Waals surface area (Å²) >= 11 is 3.46. The lowest BCUT2D eigenvalue weighted by Gasteiger charge is -2.17. The summed E-state index contributed by atoms with van der Waals surface area (Å²) in [4.78, 5) is 14.7. The van der Waals surface area contributed by atoms with Crippen LogP contribution in [0.4, 0.5) is 0 Å². The Morgan fingerprint density at radius 1 is 1.14 bits per heavy atom. The molecule has 29 heavy (non-hydrogen) atoms. The van der Waals surface area contributed by atoms with Crippen molar-refractivity contribution in [1.29, 1.82) is 0 Å². The molecule has 152 valence electrons. The SMILES string of the molecule is CC.Cc1noc(-c2ccc(Br)cc2)c1C1CC1C(=O)N(C)Cc1ccccc1. The summed E-state index contributed by atoms with van der Waals surface area (Å²) in [5.41, 5.74) is 4.08. The van der Waals surface area contributed by atoms with E-state index in [0.29, 0.717) is 6.54 Å². The predicted molar refractivity (Wildman–Crippen MR) is 119 cm³/mol. The van der Waals surface area contributed by atoms with Crippen LogP contribution in [0.1, 0.15) is 43.0 Å². The molecule has 0 spiro atoms. The van der Waals surface area contributed by atoms with E-state index in [9.17, 15) is 4.79 Å². The Morgan fingerprint density at radius 3 is 2.45 bits per heavy atom. The maximum Gasteiger partial charge on any atom is 0.226 e. The molecule has 0 bridgehead atoms. The first-order valence-electron chi connectivity index (χ1n) is 10.1. The zero-order chi connectivity index (χ0) is 21.0. The highest BCUT2D eigenvalue weighted by Gasteiger charge is 2.48. The van der Waals surface area contributed by atoms with Gasteiger partial charge in [-0.1, -0.05) is 77.4 Å². The molecule has 2 aromatic carbocycles. The van der Waals surface area contributed by atoms with Gasteiger partial charge in [0.1, 0.15) is 0 Å². The lowest BCUT2D eigenvalue weighted by molar-refractivity contribution is -0.131. The van der Waals surface area contributed by atoms with Crippen LogP contribution >= 0.6 is 15.9 Å². The van der Waals surface area contributed by atoms with Gasteiger partial charge >= 0.3 is 0 Å². The smallest absolute Gasteiger partial charge is 0.226 e. The van der Waals surface area contributed by atoms with E-state index >= 15 is 0 Å². The third-order valence-electron chi connectivity index (χ3n) is 5.13. The molecule has 2 atom stereocenters. The molecule has 4 rings (SSSR count). The number of carbonyl (C=O) groups excluding carboxylic acids is 1. The molecule has 3 aromatic rings. The van der Waals surface area contributed by atoms with Crippen LogP contribution in [0.15, 0.2) is 63.6 Å². The predicted octanol–water partition coefficient (Wildman–Crippen LogP) is 6.20. The molecule has 0 saturated heterocycles. The largest absolute Gasteiger partial charge is 0.356 e. The van der Waals surface area contributed by atoms with Gasteiger partial charge in [0.05, 0.1) is 5.69 Å². The molecule has 0 aliphatic heterocycles. The molecule has 4 nitrogen and oxygen atoms in total. The summed E-state index contributed by atoms with van der Waals surface area (Å²) in [6, 6.07) is 18.1. The van der Waals surface area contributed by atoms with Crippen LogP contribution in [-0.4, -0.2) is 23.0 Å². The van der Waals surface area contributed by atoms with Crippen LogP contribution in [0, 0.1) is 12.8 Å². The van der Waals surface area contributed by atoms with Crippen LogP contribution in [0.25, 0.3) is 11.3 Å². The number of nitrogens with zero attached hydrogens (tertiary/aromatic N) is 2. The first kappa shape index (κ1) is 21.3. The van der Waals surface area contributed by atoms with Crippen molar-refractivity contribution < 1.29 is 9.32 Å². The van der Waals surface area contributed by atoms with Gasteiger partial charge in [-0.05, 0) is 31.0 Å². The summed E-state index contributed by atoms with van der Waals surface area (Å²) in [5, 5.41) is 4.17. The van der Waals surface area contributed by atoms with Crippen LogP contribution in [0.3, 0.4) is 0 Å². The molecule has 1 heterocycles. The number of rotatable bonds is 5. The van der Waals surface area contributed by atoms with Gasteiger partial charge < -0.3 is 9.42 Å². The second kappa shape index (κ2) is 9.40. The van der Waals surface area contributed by atoms with Gasteiger partial charge in [-0.15, -0.1) is 0 Å². The van der Waals surface area contributed by atoms with Crippen molar-refractivity contribution in [3.8, 4) is 11.3 Å². The summed E-state index contributed by atoms with van der Waals surface area (Å²) in [6.07, 6.45) is 0.851. The normalized spacial score (nSPS) is 17.3. The zero-order valence-corrected chi connectivity index (χ0v) is 18.9. The van der Waals surface area contributed by atoms with Gasteiger partial charge in [0.15, 0.2) is 5.76 Å². The molecule has 1 fully saturated rings. The molecular formula is C24H27BrN2O2. The molecule has 1 aromatic heterocycles. The number of benzene rings is 2.